The van der Waals surface area contributed by atoms with Crippen LogP contribution in [0, 0.1) is 5.92 Å². The van der Waals surface area contributed by atoms with Crippen LogP contribution in [0.4, 0.5) is 0 Å². The van der Waals surface area contributed by atoms with E-state index in [-0.39, 0.29) is 5.91 Å². The summed E-state index contributed by atoms with van der Waals surface area (Å²) < 4.78 is 5.62. The molecule has 0 spiro atoms. The molecule has 0 saturated carbocycles. The number of amides is 1. The molecule has 80 valence electrons. The van der Waals surface area contributed by atoms with Crippen LogP contribution in [0.1, 0.15) is 12.5 Å². The van der Waals surface area contributed by atoms with Crippen LogP contribution in [0.5, 0.6) is 5.75 Å². The van der Waals surface area contributed by atoms with E-state index >= 15 is 0 Å². The monoisotopic (exact) mass is 205 g/mol. The average molecular weight is 205 g/mol. The summed E-state index contributed by atoms with van der Waals surface area (Å²) in [6, 6.07) is 8.06. The second kappa shape index (κ2) is 4.34. The molecule has 0 saturated heterocycles. The Hall–Kier alpha value is -1.51. The van der Waals surface area contributed by atoms with Gasteiger partial charge in [0.25, 0.3) is 0 Å². The van der Waals surface area contributed by atoms with Gasteiger partial charge in [-0.05, 0) is 18.1 Å². The molecule has 0 aromatic heterocycles. The molecule has 1 aliphatic rings. The van der Waals surface area contributed by atoms with Gasteiger partial charge in [-0.3, -0.25) is 4.79 Å². The minimum absolute atomic E-state index is 0.0221. The van der Waals surface area contributed by atoms with Gasteiger partial charge < -0.3 is 10.1 Å². The fraction of sp³-hybridized carbons (Fsp3) is 0.417. The normalized spacial score (nSPS) is 18.9. The van der Waals surface area contributed by atoms with Crippen molar-refractivity contribution in [1.82, 2.24) is 5.32 Å². The summed E-state index contributed by atoms with van der Waals surface area (Å²) in [5.41, 5.74) is 1.24. The van der Waals surface area contributed by atoms with Crippen LogP contribution in [0.15, 0.2) is 24.3 Å². The summed E-state index contributed by atoms with van der Waals surface area (Å²) in [6.45, 7) is 2.93. The van der Waals surface area contributed by atoms with Crippen LogP contribution < -0.4 is 10.1 Å². The van der Waals surface area contributed by atoms with Gasteiger partial charge >= 0.3 is 0 Å². The van der Waals surface area contributed by atoms with Crippen molar-refractivity contribution in [2.75, 3.05) is 13.2 Å². The number of fused-ring (bicyclic) bond motifs is 1. The summed E-state index contributed by atoms with van der Waals surface area (Å²) >= 11 is 0. The molecule has 1 unspecified atom stereocenters. The van der Waals surface area contributed by atoms with E-state index in [2.05, 4.69) is 11.4 Å². The van der Waals surface area contributed by atoms with Gasteiger partial charge in [-0.2, -0.15) is 0 Å². The standard InChI is InChI=1S/C12H15NO2/c1-9(14)13-7-10-6-11-4-2-3-5-12(11)15-8-10/h2-5,10H,6-8H2,1H3,(H,13,14). The van der Waals surface area contributed by atoms with Gasteiger partial charge in [0.05, 0.1) is 6.61 Å². The van der Waals surface area contributed by atoms with Crippen LogP contribution in [-0.4, -0.2) is 19.1 Å². The number of para-hydroxylation sites is 1. The number of ether oxygens (including phenoxy) is 1. The molecule has 1 aromatic carbocycles. The first-order chi connectivity index (χ1) is 7.25. The smallest absolute Gasteiger partial charge is 0.216 e. The van der Waals surface area contributed by atoms with E-state index in [1.165, 1.54) is 12.5 Å². The first kappa shape index (κ1) is 10.0. The maximum absolute atomic E-state index is 10.8. The molecular formula is C12H15NO2. The Morgan fingerprint density at radius 1 is 1.53 bits per heavy atom. The van der Waals surface area contributed by atoms with Crippen LogP contribution in [0.25, 0.3) is 0 Å². The second-order valence-electron chi connectivity index (χ2n) is 3.93. The molecule has 0 radical (unpaired) electrons. The van der Waals surface area contributed by atoms with Crippen LogP contribution in [0.2, 0.25) is 0 Å². The van der Waals surface area contributed by atoms with Crippen molar-refractivity contribution in [1.29, 1.82) is 0 Å². The molecule has 0 aliphatic carbocycles. The highest BCUT2D eigenvalue weighted by atomic mass is 16.5. The van der Waals surface area contributed by atoms with E-state index in [0.29, 0.717) is 19.1 Å². The van der Waals surface area contributed by atoms with Gasteiger partial charge in [-0.1, -0.05) is 18.2 Å². The highest BCUT2D eigenvalue weighted by Gasteiger charge is 2.19. The molecule has 15 heavy (non-hydrogen) atoms. The number of rotatable bonds is 2. The van der Waals surface area contributed by atoms with Gasteiger partial charge in [0, 0.05) is 19.4 Å². The molecule has 0 bridgehead atoms. The lowest BCUT2D eigenvalue weighted by Gasteiger charge is -2.25. The minimum Gasteiger partial charge on any atom is -0.493 e. The topological polar surface area (TPSA) is 38.3 Å². The molecule has 1 atom stereocenters. The zero-order valence-corrected chi connectivity index (χ0v) is 8.82. The molecule has 3 heteroatoms. The fourth-order valence-electron chi connectivity index (χ4n) is 1.81. The fourth-order valence-corrected chi connectivity index (χ4v) is 1.81. The van der Waals surface area contributed by atoms with Gasteiger partial charge in [0.15, 0.2) is 0 Å². The summed E-state index contributed by atoms with van der Waals surface area (Å²) in [4.78, 5) is 10.8. The number of hydrogen-bond donors (Lipinski definition) is 1. The maximum Gasteiger partial charge on any atom is 0.216 e. The number of nitrogens with one attached hydrogen (secondary N) is 1. The third-order valence-electron chi connectivity index (χ3n) is 2.60. The molecule has 1 N–H and O–H groups in total. The Balaban J connectivity index is 1.96. The van der Waals surface area contributed by atoms with Crippen molar-refractivity contribution < 1.29 is 9.53 Å². The summed E-state index contributed by atoms with van der Waals surface area (Å²) in [5.74, 6) is 1.40. The van der Waals surface area contributed by atoms with Gasteiger partial charge in [0.2, 0.25) is 5.91 Å². The van der Waals surface area contributed by atoms with Crippen molar-refractivity contribution in [2.45, 2.75) is 13.3 Å². The predicted molar refractivity (Wildman–Crippen MR) is 57.8 cm³/mol. The quantitative estimate of drug-likeness (QED) is 0.792. The van der Waals surface area contributed by atoms with Crippen LogP contribution >= 0.6 is 0 Å². The van der Waals surface area contributed by atoms with E-state index in [1.54, 1.807) is 0 Å². The molecule has 1 heterocycles. The number of carbonyl (C=O) groups is 1. The Labute approximate surface area is 89.4 Å². The Bertz CT molecular complexity index is 362. The molecular weight excluding hydrogens is 190 g/mol. The summed E-state index contributed by atoms with van der Waals surface area (Å²) in [7, 11) is 0. The van der Waals surface area contributed by atoms with Crippen LogP contribution in [-0.2, 0) is 11.2 Å². The second-order valence-corrected chi connectivity index (χ2v) is 3.93. The lowest BCUT2D eigenvalue weighted by Crippen LogP contribution is -2.33. The van der Waals surface area contributed by atoms with Crippen molar-refractivity contribution >= 4 is 5.91 Å². The Morgan fingerprint density at radius 3 is 3.13 bits per heavy atom. The lowest BCUT2D eigenvalue weighted by atomic mass is 9.97. The zero-order chi connectivity index (χ0) is 10.7. The van der Waals surface area contributed by atoms with Crippen LogP contribution in [0.3, 0.4) is 0 Å². The number of carbonyl (C=O) groups excluding carboxylic acids is 1. The van der Waals surface area contributed by atoms with Gasteiger partial charge in [-0.15, -0.1) is 0 Å². The minimum atomic E-state index is 0.0221. The largest absolute Gasteiger partial charge is 0.493 e. The van der Waals surface area contributed by atoms with Gasteiger partial charge in [0.1, 0.15) is 5.75 Å². The zero-order valence-electron chi connectivity index (χ0n) is 8.82. The SMILES string of the molecule is CC(=O)NCC1COc2ccccc2C1. The first-order valence-corrected chi connectivity index (χ1v) is 5.21. The van der Waals surface area contributed by atoms with Crippen molar-refractivity contribution in [3.8, 4) is 5.75 Å². The van der Waals surface area contributed by atoms with Crippen molar-refractivity contribution in [2.24, 2.45) is 5.92 Å². The lowest BCUT2D eigenvalue weighted by molar-refractivity contribution is -0.119. The summed E-state index contributed by atoms with van der Waals surface area (Å²) in [6.07, 6.45) is 0.983. The Kier molecular flexibility index (Phi) is 2.90. The average Bonchev–Trinajstić information content (AvgIpc) is 2.26. The summed E-state index contributed by atoms with van der Waals surface area (Å²) in [5, 5.41) is 2.83. The van der Waals surface area contributed by atoms with E-state index in [0.717, 1.165) is 12.2 Å². The third kappa shape index (κ3) is 2.49. The van der Waals surface area contributed by atoms with E-state index in [1.807, 2.05) is 18.2 Å². The molecule has 1 amide bonds. The van der Waals surface area contributed by atoms with E-state index < -0.39 is 0 Å². The van der Waals surface area contributed by atoms with E-state index in [4.69, 9.17) is 4.74 Å². The molecule has 3 nitrogen and oxygen atoms in total. The first-order valence-electron chi connectivity index (χ1n) is 5.21. The molecule has 0 fully saturated rings. The number of hydrogen-bond acceptors (Lipinski definition) is 2. The molecule has 2 rings (SSSR count). The van der Waals surface area contributed by atoms with Crippen molar-refractivity contribution in [3.05, 3.63) is 29.8 Å². The van der Waals surface area contributed by atoms with E-state index in [9.17, 15) is 4.79 Å². The van der Waals surface area contributed by atoms with Crippen molar-refractivity contribution in [3.63, 3.8) is 0 Å². The predicted octanol–water partition coefficient (Wildman–Crippen LogP) is 1.37. The number of benzene rings is 1. The highest BCUT2D eigenvalue weighted by Crippen LogP contribution is 2.26. The highest BCUT2D eigenvalue weighted by molar-refractivity contribution is 5.72. The molecule has 1 aromatic rings. The third-order valence-corrected chi connectivity index (χ3v) is 2.60. The Morgan fingerprint density at radius 2 is 2.33 bits per heavy atom. The maximum atomic E-state index is 10.8. The van der Waals surface area contributed by atoms with Gasteiger partial charge in [-0.25, -0.2) is 0 Å². The molecule has 1 aliphatic heterocycles.